The number of nitrogens with zero attached hydrogens (tertiary/aromatic N) is 1. The zero-order valence-electron chi connectivity index (χ0n) is 11.0. The first kappa shape index (κ1) is 13.5. The lowest BCUT2D eigenvalue weighted by atomic mass is 10.2. The van der Waals surface area contributed by atoms with Crippen LogP contribution >= 0.6 is 0 Å². The summed E-state index contributed by atoms with van der Waals surface area (Å²) in [5.74, 6) is 0. The second kappa shape index (κ2) is 4.99. The van der Waals surface area contributed by atoms with Crippen molar-refractivity contribution in [3.8, 4) is 0 Å². The summed E-state index contributed by atoms with van der Waals surface area (Å²) >= 11 is 0. The number of rotatable bonds is 2. The van der Waals surface area contributed by atoms with Crippen LogP contribution in [0.25, 0.3) is 0 Å². The Kier molecular flexibility index (Phi) is 3.75. The van der Waals surface area contributed by atoms with Crippen molar-refractivity contribution < 1.29 is 13.2 Å². The average Bonchev–Trinajstić information content (AvgIpc) is 2.28. The molecule has 0 bridgehead atoms. The Balaban J connectivity index is 2.28. The lowest BCUT2D eigenvalue weighted by Crippen LogP contribution is -2.48. The van der Waals surface area contributed by atoms with Crippen LogP contribution in [0.4, 0.5) is 0 Å². The SMILES string of the molecule is Cc1ccc(S(=O)(=O)N2C[C@@H](C)O[C@@H](C)C2)cc1. The fourth-order valence-electron chi connectivity index (χ4n) is 2.19. The normalized spacial score (nSPS) is 26.2. The number of hydrogen-bond acceptors (Lipinski definition) is 3. The van der Waals surface area contributed by atoms with E-state index >= 15 is 0 Å². The Bertz CT molecular complexity index is 500. The van der Waals surface area contributed by atoms with E-state index in [1.165, 1.54) is 4.31 Å². The second-order valence-corrected chi connectivity index (χ2v) is 6.83. The summed E-state index contributed by atoms with van der Waals surface area (Å²) in [5, 5.41) is 0. The molecule has 0 amide bonds. The number of aryl methyl sites for hydroxylation is 1. The standard InChI is InChI=1S/C13H19NO3S/c1-10-4-6-13(7-5-10)18(15,16)14-8-11(2)17-12(3)9-14/h4-7,11-12H,8-9H2,1-3H3/t11-,12+. The maximum absolute atomic E-state index is 12.5. The highest BCUT2D eigenvalue weighted by Gasteiger charge is 2.31. The summed E-state index contributed by atoms with van der Waals surface area (Å²) in [6.45, 7) is 6.57. The maximum atomic E-state index is 12.5. The first-order chi connectivity index (χ1) is 8.39. The highest BCUT2D eigenvalue weighted by Crippen LogP contribution is 2.21. The van der Waals surface area contributed by atoms with Gasteiger partial charge in [0.15, 0.2) is 0 Å². The van der Waals surface area contributed by atoms with Crippen molar-refractivity contribution >= 4 is 10.0 Å². The largest absolute Gasteiger partial charge is 0.373 e. The summed E-state index contributed by atoms with van der Waals surface area (Å²) in [6, 6.07) is 6.96. The van der Waals surface area contributed by atoms with Gasteiger partial charge in [-0.05, 0) is 32.9 Å². The third-order valence-electron chi connectivity index (χ3n) is 3.04. The molecule has 1 aromatic rings. The number of morpholine rings is 1. The molecule has 0 saturated carbocycles. The van der Waals surface area contributed by atoms with Crippen LogP contribution in [0.15, 0.2) is 29.2 Å². The molecule has 0 N–H and O–H groups in total. The van der Waals surface area contributed by atoms with E-state index in [1.807, 2.05) is 32.9 Å². The smallest absolute Gasteiger partial charge is 0.243 e. The monoisotopic (exact) mass is 269 g/mol. The zero-order chi connectivity index (χ0) is 13.3. The molecule has 1 aliphatic heterocycles. The van der Waals surface area contributed by atoms with Crippen molar-refractivity contribution in [2.75, 3.05) is 13.1 Å². The third kappa shape index (κ3) is 2.74. The van der Waals surface area contributed by atoms with Crippen molar-refractivity contribution in [3.05, 3.63) is 29.8 Å². The summed E-state index contributed by atoms with van der Waals surface area (Å²) in [4.78, 5) is 0.356. The van der Waals surface area contributed by atoms with Gasteiger partial charge in [0.05, 0.1) is 17.1 Å². The molecule has 0 unspecified atom stereocenters. The molecule has 5 heteroatoms. The molecule has 100 valence electrons. The highest BCUT2D eigenvalue weighted by molar-refractivity contribution is 7.89. The van der Waals surface area contributed by atoms with Crippen LogP contribution in [0.3, 0.4) is 0 Å². The molecule has 1 saturated heterocycles. The van der Waals surface area contributed by atoms with Crippen LogP contribution in [-0.2, 0) is 14.8 Å². The predicted molar refractivity (Wildman–Crippen MR) is 69.9 cm³/mol. The van der Waals surface area contributed by atoms with Crippen LogP contribution in [0.1, 0.15) is 19.4 Å². The van der Waals surface area contributed by atoms with Crippen molar-refractivity contribution in [2.45, 2.75) is 37.9 Å². The van der Waals surface area contributed by atoms with Gasteiger partial charge in [-0.15, -0.1) is 0 Å². The van der Waals surface area contributed by atoms with Gasteiger partial charge in [-0.2, -0.15) is 4.31 Å². The Morgan fingerprint density at radius 2 is 1.61 bits per heavy atom. The second-order valence-electron chi connectivity index (χ2n) is 4.89. The molecular formula is C13H19NO3S. The third-order valence-corrected chi connectivity index (χ3v) is 4.89. The van der Waals surface area contributed by atoms with E-state index in [1.54, 1.807) is 12.1 Å². The van der Waals surface area contributed by atoms with E-state index in [9.17, 15) is 8.42 Å². The first-order valence-corrected chi connectivity index (χ1v) is 7.56. The van der Waals surface area contributed by atoms with Gasteiger partial charge in [0.2, 0.25) is 10.0 Å². The summed E-state index contributed by atoms with van der Waals surface area (Å²) in [6.07, 6.45) is -0.122. The summed E-state index contributed by atoms with van der Waals surface area (Å²) in [5.41, 5.74) is 1.05. The number of hydrogen-bond donors (Lipinski definition) is 0. The van der Waals surface area contributed by atoms with Gasteiger partial charge in [-0.1, -0.05) is 17.7 Å². The predicted octanol–water partition coefficient (Wildman–Crippen LogP) is 1.79. The Labute approximate surface area is 109 Å². The lowest BCUT2D eigenvalue weighted by Gasteiger charge is -2.34. The van der Waals surface area contributed by atoms with Gasteiger partial charge in [0.1, 0.15) is 0 Å². The molecule has 1 aromatic carbocycles. The minimum absolute atomic E-state index is 0.0611. The topological polar surface area (TPSA) is 46.6 Å². The summed E-state index contributed by atoms with van der Waals surface area (Å²) in [7, 11) is -3.39. The molecular weight excluding hydrogens is 250 g/mol. The molecule has 2 atom stereocenters. The van der Waals surface area contributed by atoms with Gasteiger partial charge in [-0.3, -0.25) is 0 Å². The quantitative estimate of drug-likeness (QED) is 0.822. The van der Waals surface area contributed by atoms with Crippen molar-refractivity contribution in [1.82, 2.24) is 4.31 Å². The minimum Gasteiger partial charge on any atom is -0.373 e. The van der Waals surface area contributed by atoms with E-state index in [4.69, 9.17) is 4.74 Å². The molecule has 1 aliphatic rings. The van der Waals surface area contributed by atoms with Gasteiger partial charge in [0.25, 0.3) is 0 Å². The van der Waals surface area contributed by atoms with E-state index in [0.717, 1.165) is 5.56 Å². The molecule has 4 nitrogen and oxygen atoms in total. The fourth-order valence-corrected chi connectivity index (χ4v) is 3.78. The van der Waals surface area contributed by atoms with Crippen LogP contribution in [-0.4, -0.2) is 38.0 Å². The van der Waals surface area contributed by atoms with Crippen molar-refractivity contribution in [1.29, 1.82) is 0 Å². The van der Waals surface area contributed by atoms with E-state index < -0.39 is 10.0 Å². The minimum atomic E-state index is -3.39. The molecule has 18 heavy (non-hydrogen) atoms. The van der Waals surface area contributed by atoms with Gasteiger partial charge >= 0.3 is 0 Å². The molecule has 0 aliphatic carbocycles. The van der Waals surface area contributed by atoms with Gasteiger partial charge in [0, 0.05) is 13.1 Å². The van der Waals surface area contributed by atoms with Crippen LogP contribution in [0.2, 0.25) is 0 Å². The lowest BCUT2D eigenvalue weighted by molar-refractivity contribution is -0.0440. The van der Waals surface area contributed by atoms with Crippen LogP contribution in [0, 0.1) is 6.92 Å². The van der Waals surface area contributed by atoms with Crippen molar-refractivity contribution in [2.24, 2.45) is 0 Å². The van der Waals surface area contributed by atoms with Crippen molar-refractivity contribution in [3.63, 3.8) is 0 Å². The summed E-state index contributed by atoms with van der Waals surface area (Å²) < 4.78 is 32.0. The molecule has 1 fully saturated rings. The Hall–Kier alpha value is -0.910. The number of sulfonamides is 1. The zero-order valence-corrected chi connectivity index (χ0v) is 11.8. The van der Waals surface area contributed by atoms with E-state index in [0.29, 0.717) is 18.0 Å². The molecule has 0 spiro atoms. The Morgan fingerprint density at radius 1 is 1.11 bits per heavy atom. The molecule has 0 radical (unpaired) electrons. The van der Waals surface area contributed by atoms with E-state index in [-0.39, 0.29) is 12.2 Å². The highest BCUT2D eigenvalue weighted by atomic mass is 32.2. The van der Waals surface area contributed by atoms with Crippen LogP contribution in [0.5, 0.6) is 0 Å². The average molecular weight is 269 g/mol. The van der Waals surface area contributed by atoms with Crippen LogP contribution < -0.4 is 0 Å². The van der Waals surface area contributed by atoms with Gasteiger partial charge < -0.3 is 4.74 Å². The Morgan fingerprint density at radius 3 is 2.11 bits per heavy atom. The fraction of sp³-hybridized carbons (Fsp3) is 0.538. The molecule has 1 heterocycles. The van der Waals surface area contributed by atoms with E-state index in [2.05, 4.69) is 0 Å². The molecule has 2 rings (SSSR count). The first-order valence-electron chi connectivity index (χ1n) is 6.12. The number of benzene rings is 1. The maximum Gasteiger partial charge on any atom is 0.243 e. The molecule has 0 aromatic heterocycles. The number of ether oxygens (including phenoxy) is 1. The van der Waals surface area contributed by atoms with Gasteiger partial charge in [-0.25, -0.2) is 8.42 Å².